The van der Waals surface area contributed by atoms with E-state index in [1.165, 1.54) is 11.3 Å². The fourth-order valence-electron chi connectivity index (χ4n) is 8.36. The van der Waals surface area contributed by atoms with Crippen molar-refractivity contribution in [1.82, 2.24) is 19.1 Å². The molecule has 1 amide bonds. The van der Waals surface area contributed by atoms with E-state index in [0.717, 1.165) is 79.9 Å². The van der Waals surface area contributed by atoms with E-state index in [1.807, 2.05) is 35.5 Å². The largest absolute Gasteiger partial charge is 0.385 e. The van der Waals surface area contributed by atoms with Crippen molar-refractivity contribution in [2.24, 2.45) is 18.4 Å². The molecule has 10 nitrogen and oxygen atoms in total. The number of hydrogen-bond donors (Lipinski definition) is 1. The van der Waals surface area contributed by atoms with Gasteiger partial charge in [0.05, 0.1) is 11.9 Å². The summed E-state index contributed by atoms with van der Waals surface area (Å²) in [5.41, 5.74) is 7.82. The minimum atomic E-state index is -0.142. The number of carbonyl (C=O) groups excluding carboxylic acids is 1. The molecule has 2 aliphatic heterocycles. The van der Waals surface area contributed by atoms with Crippen LogP contribution in [0.15, 0.2) is 53.7 Å². The summed E-state index contributed by atoms with van der Waals surface area (Å²) in [4.78, 5) is 41.0. The zero-order valence-corrected chi connectivity index (χ0v) is 29.8. The third-order valence-corrected chi connectivity index (χ3v) is 10.8. The average Bonchev–Trinajstić information content (AvgIpc) is 3.58. The fourth-order valence-corrected chi connectivity index (χ4v) is 8.36. The number of methoxy groups -OCH3 is 1. The molecule has 1 fully saturated rings. The number of piperidine rings is 1. The van der Waals surface area contributed by atoms with Crippen molar-refractivity contribution in [2.75, 3.05) is 41.9 Å². The van der Waals surface area contributed by atoms with Crippen LogP contribution in [0, 0.1) is 11.3 Å². The van der Waals surface area contributed by atoms with Crippen LogP contribution in [0.3, 0.4) is 0 Å². The minimum absolute atomic E-state index is 0.00000226. The van der Waals surface area contributed by atoms with Gasteiger partial charge in [0.15, 0.2) is 0 Å². The number of fused-ring (bicyclic) bond motifs is 3. The number of hydrogen-bond acceptors (Lipinski definition) is 7. The number of amides is 1. The monoisotopic (exact) mass is 663 g/mol. The summed E-state index contributed by atoms with van der Waals surface area (Å²) in [7, 11) is 3.53. The molecule has 49 heavy (non-hydrogen) atoms. The molecule has 258 valence electrons. The Morgan fingerprint density at radius 2 is 1.90 bits per heavy atom. The molecule has 10 heteroatoms. The van der Waals surface area contributed by atoms with Crippen molar-refractivity contribution < 1.29 is 9.53 Å². The van der Waals surface area contributed by atoms with Gasteiger partial charge < -0.3 is 24.1 Å². The molecule has 1 N–H and O–H groups in total. The van der Waals surface area contributed by atoms with E-state index in [-0.39, 0.29) is 16.9 Å². The molecular formula is C39H49N7O3. The second kappa shape index (κ2) is 13.1. The van der Waals surface area contributed by atoms with E-state index >= 15 is 0 Å². The Morgan fingerprint density at radius 3 is 2.63 bits per heavy atom. The number of pyridine rings is 3. The van der Waals surface area contributed by atoms with E-state index in [2.05, 4.69) is 54.6 Å². The van der Waals surface area contributed by atoms with Crippen LogP contribution in [0.1, 0.15) is 74.3 Å². The number of aryl methyl sites for hydroxylation is 1. The Labute approximate surface area is 289 Å². The third kappa shape index (κ3) is 6.27. The van der Waals surface area contributed by atoms with Gasteiger partial charge in [-0.15, -0.1) is 0 Å². The predicted molar refractivity (Wildman–Crippen MR) is 195 cm³/mol. The summed E-state index contributed by atoms with van der Waals surface area (Å²) < 4.78 is 9.13. The summed E-state index contributed by atoms with van der Waals surface area (Å²) in [5.74, 6) is 1.99. The predicted octanol–water partition coefficient (Wildman–Crippen LogP) is 6.38. The lowest BCUT2D eigenvalue weighted by molar-refractivity contribution is 0.0963. The molecule has 0 radical (unpaired) electrons. The first-order chi connectivity index (χ1) is 23.6. The van der Waals surface area contributed by atoms with E-state index in [1.54, 1.807) is 24.9 Å². The smallest absolute Gasteiger partial charge is 0.276 e. The van der Waals surface area contributed by atoms with Gasteiger partial charge in [-0.3, -0.25) is 14.5 Å². The molecule has 0 aromatic carbocycles. The molecule has 0 saturated carbocycles. The first-order valence-electron chi connectivity index (χ1n) is 17.8. The number of rotatable bonds is 9. The SMILES string of the molecule is CCc1c(-c2cc(Nc3ccc(N4CCC(CCOC)C[C@@H]4C)cn3)c(=O)n(C)c2)ccnc1N1CCn2c(cc3c2CC(C)(C)C3)C1=O. The van der Waals surface area contributed by atoms with Gasteiger partial charge in [-0.2, -0.15) is 0 Å². The minimum Gasteiger partial charge on any atom is -0.385 e. The van der Waals surface area contributed by atoms with Crippen LogP contribution in [-0.2, 0) is 37.6 Å². The van der Waals surface area contributed by atoms with Crippen molar-refractivity contribution in [3.63, 3.8) is 0 Å². The quantitative estimate of drug-likeness (QED) is 0.222. The Kier molecular flexibility index (Phi) is 8.85. The standard InChI is InChI=1S/C39H49N7O3/c1-7-30-31(10-13-40-36(30)46-16-15-45-33(38(46)48)20-27-21-39(3,4)22-34(27)45)28-19-32(37(47)43(5)24-28)42-35-9-8-29(23-41-35)44-14-11-26(12-17-49-6)18-25(44)2/h8-10,13,19-20,23-26H,7,11-12,14-18,21-22H2,1-6H3,(H,41,42)/t25-,26?/m0/s1. The Hall–Kier alpha value is -4.44. The highest BCUT2D eigenvalue weighted by Gasteiger charge is 2.37. The van der Waals surface area contributed by atoms with Crippen LogP contribution in [0.25, 0.3) is 11.1 Å². The first kappa shape index (κ1) is 33.1. The summed E-state index contributed by atoms with van der Waals surface area (Å²) in [6, 6.07) is 10.4. The molecule has 0 spiro atoms. The van der Waals surface area contributed by atoms with Gasteiger partial charge in [0.25, 0.3) is 11.5 Å². The fraction of sp³-hybridized carbons (Fsp3) is 0.487. The molecular weight excluding hydrogens is 614 g/mol. The molecule has 0 bridgehead atoms. The second-order valence-electron chi connectivity index (χ2n) is 14.9. The molecule has 1 aliphatic carbocycles. The normalized spacial score (nSPS) is 20.0. The highest BCUT2D eigenvalue weighted by atomic mass is 16.5. The number of nitrogens with zero attached hydrogens (tertiary/aromatic N) is 6. The number of ether oxygens (including phenoxy) is 1. The number of anilines is 4. The van der Waals surface area contributed by atoms with Gasteiger partial charge in [0.2, 0.25) is 0 Å². The van der Waals surface area contributed by atoms with Gasteiger partial charge in [0.1, 0.15) is 23.0 Å². The van der Waals surface area contributed by atoms with Crippen LogP contribution >= 0.6 is 0 Å². The molecule has 1 saturated heterocycles. The van der Waals surface area contributed by atoms with Crippen molar-refractivity contribution in [3.8, 4) is 11.1 Å². The second-order valence-corrected chi connectivity index (χ2v) is 14.9. The van der Waals surface area contributed by atoms with Crippen molar-refractivity contribution in [2.45, 2.75) is 78.8 Å². The number of aromatic nitrogens is 4. The van der Waals surface area contributed by atoms with Crippen molar-refractivity contribution in [3.05, 3.63) is 81.8 Å². The maximum absolute atomic E-state index is 13.9. The highest BCUT2D eigenvalue weighted by Crippen LogP contribution is 2.40. The molecule has 4 aromatic rings. The number of nitrogens with one attached hydrogen (secondary N) is 1. The zero-order valence-electron chi connectivity index (χ0n) is 29.8. The van der Waals surface area contributed by atoms with Crippen LogP contribution in [0.5, 0.6) is 0 Å². The lowest BCUT2D eigenvalue weighted by atomic mass is 9.89. The molecule has 3 aliphatic rings. The van der Waals surface area contributed by atoms with E-state index in [0.29, 0.717) is 42.2 Å². The van der Waals surface area contributed by atoms with Crippen LogP contribution in [-0.4, -0.2) is 57.9 Å². The Balaban J connectivity index is 1.12. The maximum Gasteiger partial charge on any atom is 0.276 e. The van der Waals surface area contributed by atoms with Gasteiger partial charge in [0, 0.05) is 75.7 Å². The van der Waals surface area contributed by atoms with Gasteiger partial charge >= 0.3 is 0 Å². The molecule has 2 atom stereocenters. The third-order valence-electron chi connectivity index (χ3n) is 10.8. The molecule has 7 rings (SSSR count). The molecule has 6 heterocycles. The summed E-state index contributed by atoms with van der Waals surface area (Å²) in [6.45, 7) is 12.1. The lowest BCUT2D eigenvalue weighted by Crippen LogP contribution is -2.41. The highest BCUT2D eigenvalue weighted by molar-refractivity contribution is 6.06. The summed E-state index contributed by atoms with van der Waals surface area (Å²) >= 11 is 0. The molecule has 1 unspecified atom stereocenters. The van der Waals surface area contributed by atoms with Gasteiger partial charge in [-0.25, -0.2) is 9.97 Å². The average molecular weight is 664 g/mol. The van der Waals surface area contributed by atoms with E-state index in [4.69, 9.17) is 14.7 Å². The summed E-state index contributed by atoms with van der Waals surface area (Å²) in [5, 5.41) is 3.29. The van der Waals surface area contributed by atoms with E-state index < -0.39 is 0 Å². The first-order valence-corrected chi connectivity index (χ1v) is 17.8. The topological polar surface area (TPSA) is 97.5 Å². The number of carbonyl (C=O) groups is 1. The maximum atomic E-state index is 13.9. The van der Waals surface area contributed by atoms with Crippen LogP contribution < -0.4 is 20.7 Å². The lowest BCUT2D eigenvalue weighted by Gasteiger charge is -2.39. The van der Waals surface area contributed by atoms with Crippen molar-refractivity contribution in [1.29, 1.82) is 0 Å². The van der Waals surface area contributed by atoms with Crippen LogP contribution in [0.2, 0.25) is 0 Å². The molecule has 4 aromatic heterocycles. The van der Waals surface area contributed by atoms with Gasteiger partial charge in [-0.1, -0.05) is 20.8 Å². The Morgan fingerprint density at radius 1 is 1.06 bits per heavy atom. The van der Waals surface area contributed by atoms with Crippen LogP contribution in [0.4, 0.5) is 23.0 Å². The Bertz CT molecular complexity index is 1930. The van der Waals surface area contributed by atoms with Gasteiger partial charge in [-0.05, 0) is 98.2 Å². The zero-order chi connectivity index (χ0) is 34.4. The van der Waals surface area contributed by atoms with Crippen molar-refractivity contribution >= 4 is 28.9 Å². The van der Waals surface area contributed by atoms with E-state index in [9.17, 15) is 9.59 Å². The summed E-state index contributed by atoms with van der Waals surface area (Å²) in [6.07, 6.45) is 11.6.